The second-order valence-corrected chi connectivity index (χ2v) is 4.77. The molecule has 16 heavy (non-hydrogen) atoms. The Morgan fingerprint density at radius 2 is 2.25 bits per heavy atom. The van der Waals surface area contributed by atoms with Crippen LogP contribution < -0.4 is 5.32 Å². The van der Waals surface area contributed by atoms with E-state index < -0.39 is 0 Å². The van der Waals surface area contributed by atoms with Gasteiger partial charge in [-0.1, -0.05) is 19.4 Å². The first-order chi connectivity index (χ1) is 7.88. The standard InChI is InChI=1S/C14H28N2/c1-3-5-6-7-8-11-15-13-14-10-9-12-16(14)4-2/h3,14-15H,1,4-13H2,2H3. The number of rotatable bonds is 9. The van der Waals surface area contributed by atoms with Gasteiger partial charge in [0.1, 0.15) is 0 Å². The Morgan fingerprint density at radius 3 is 3.00 bits per heavy atom. The molecule has 0 radical (unpaired) electrons. The van der Waals surface area contributed by atoms with E-state index in [2.05, 4.69) is 23.7 Å². The van der Waals surface area contributed by atoms with Gasteiger partial charge in [-0.2, -0.15) is 0 Å². The predicted molar refractivity (Wildman–Crippen MR) is 71.8 cm³/mol. The third-order valence-electron chi connectivity index (χ3n) is 3.55. The van der Waals surface area contributed by atoms with Crippen LogP contribution in [0.5, 0.6) is 0 Å². The molecule has 1 aliphatic rings. The van der Waals surface area contributed by atoms with Crippen LogP contribution in [0.25, 0.3) is 0 Å². The number of hydrogen-bond donors (Lipinski definition) is 1. The summed E-state index contributed by atoms with van der Waals surface area (Å²) in [7, 11) is 0. The fourth-order valence-electron chi connectivity index (χ4n) is 2.53. The van der Waals surface area contributed by atoms with E-state index in [1.807, 2.05) is 6.08 Å². The predicted octanol–water partition coefficient (Wildman–Crippen LogP) is 2.81. The van der Waals surface area contributed by atoms with Gasteiger partial charge in [-0.25, -0.2) is 0 Å². The molecule has 1 N–H and O–H groups in total. The van der Waals surface area contributed by atoms with E-state index in [9.17, 15) is 0 Å². The number of likely N-dealkylation sites (tertiary alicyclic amines) is 1. The largest absolute Gasteiger partial charge is 0.315 e. The summed E-state index contributed by atoms with van der Waals surface area (Å²) in [4.78, 5) is 2.60. The minimum Gasteiger partial charge on any atom is -0.315 e. The summed E-state index contributed by atoms with van der Waals surface area (Å²) in [5.41, 5.74) is 0. The molecular formula is C14H28N2. The van der Waals surface area contributed by atoms with Crippen molar-refractivity contribution in [3.8, 4) is 0 Å². The molecule has 0 aromatic rings. The van der Waals surface area contributed by atoms with Crippen molar-refractivity contribution >= 4 is 0 Å². The number of nitrogens with zero attached hydrogens (tertiary/aromatic N) is 1. The molecule has 0 amide bonds. The molecule has 1 saturated heterocycles. The van der Waals surface area contributed by atoms with Gasteiger partial charge in [0.25, 0.3) is 0 Å². The zero-order valence-corrected chi connectivity index (χ0v) is 10.9. The Balaban J connectivity index is 1.92. The topological polar surface area (TPSA) is 15.3 Å². The van der Waals surface area contributed by atoms with Crippen molar-refractivity contribution in [2.45, 2.75) is 51.5 Å². The Labute approximate surface area is 101 Å². The minimum atomic E-state index is 0.804. The van der Waals surface area contributed by atoms with Crippen LogP contribution in [0.3, 0.4) is 0 Å². The number of allylic oxidation sites excluding steroid dienone is 1. The van der Waals surface area contributed by atoms with Crippen molar-refractivity contribution in [1.82, 2.24) is 10.2 Å². The van der Waals surface area contributed by atoms with Crippen LogP contribution in [0.2, 0.25) is 0 Å². The van der Waals surface area contributed by atoms with Crippen molar-refractivity contribution < 1.29 is 0 Å². The normalized spacial score (nSPS) is 21.4. The van der Waals surface area contributed by atoms with Crippen molar-refractivity contribution in [3.63, 3.8) is 0 Å². The Bertz CT molecular complexity index is 180. The van der Waals surface area contributed by atoms with Gasteiger partial charge in [0.15, 0.2) is 0 Å². The number of hydrogen-bond acceptors (Lipinski definition) is 2. The van der Waals surface area contributed by atoms with Crippen LogP contribution in [0.1, 0.15) is 45.4 Å². The van der Waals surface area contributed by atoms with Gasteiger partial charge in [0, 0.05) is 12.6 Å². The van der Waals surface area contributed by atoms with Crippen LogP contribution in [0, 0.1) is 0 Å². The molecule has 1 atom stereocenters. The van der Waals surface area contributed by atoms with Gasteiger partial charge >= 0.3 is 0 Å². The van der Waals surface area contributed by atoms with E-state index in [0.29, 0.717) is 0 Å². The van der Waals surface area contributed by atoms with E-state index in [4.69, 9.17) is 0 Å². The molecule has 94 valence electrons. The minimum absolute atomic E-state index is 0.804. The molecule has 0 spiro atoms. The Kier molecular flexibility index (Phi) is 7.52. The van der Waals surface area contributed by atoms with E-state index in [-0.39, 0.29) is 0 Å². The van der Waals surface area contributed by atoms with Crippen LogP contribution in [-0.2, 0) is 0 Å². The monoisotopic (exact) mass is 224 g/mol. The maximum atomic E-state index is 3.74. The molecule has 2 nitrogen and oxygen atoms in total. The molecule has 0 saturated carbocycles. The lowest BCUT2D eigenvalue weighted by atomic mass is 10.2. The van der Waals surface area contributed by atoms with Gasteiger partial charge in [-0.3, -0.25) is 4.90 Å². The molecular weight excluding hydrogens is 196 g/mol. The molecule has 2 heteroatoms. The maximum absolute atomic E-state index is 3.74. The lowest BCUT2D eigenvalue weighted by molar-refractivity contribution is 0.260. The highest BCUT2D eigenvalue weighted by atomic mass is 15.2. The Hall–Kier alpha value is -0.340. The second kappa shape index (κ2) is 8.77. The molecule has 0 aromatic heterocycles. The van der Waals surface area contributed by atoms with Crippen LogP contribution >= 0.6 is 0 Å². The first-order valence-corrected chi connectivity index (χ1v) is 6.94. The highest BCUT2D eigenvalue weighted by Gasteiger charge is 2.21. The summed E-state index contributed by atoms with van der Waals surface area (Å²) in [6.45, 7) is 10.9. The van der Waals surface area contributed by atoms with Gasteiger partial charge in [0.2, 0.25) is 0 Å². The molecule has 1 rings (SSSR count). The number of nitrogens with one attached hydrogen (secondary N) is 1. The molecule has 1 heterocycles. The van der Waals surface area contributed by atoms with Crippen molar-refractivity contribution in [1.29, 1.82) is 0 Å². The molecule has 0 aliphatic carbocycles. The third kappa shape index (κ3) is 5.13. The van der Waals surface area contributed by atoms with Crippen molar-refractivity contribution in [2.24, 2.45) is 0 Å². The molecule has 1 aliphatic heterocycles. The first kappa shape index (κ1) is 13.7. The molecule has 0 aromatic carbocycles. The summed E-state index contributed by atoms with van der Waals surface area (Å²) in [5, 5.41) is 3.60. The average Bonchev–Trinajstić information content (AvgIpc) is 2.75. The average molecular weight is 224 g/mol. The summed E-state index contributed by atoms with van der Waals surface area (Å²) in [5.74, 6) is 0. The lowest BCUT2D eigenvalue weighted by Gasteiger charge is -2.22. The fourth-order valence-corrected chi connectivity index (χ4v) is 2.53. The zero-order valence-electron chi connectivity index (χ0n) is 10.9. The number of unbranched alkanes of at least 4 members (excludes halogenated alkanes) is 3. The van der Waals surface area contributed by atoms with Crippen LogP contribution in [0.4, 0.5) is 0 Å². The third-order valence-corrected chi connectivity index (χ3v) is 3.55. The van der Waals surface area contributed by atoms with Gasteiger partial charge in [0.05, 0.1) is 0 Å². The summed E-state index contributed by atoms with van der Waals surface area (Å²) in [6.07, 6.45) is 9.91. The van der Waals surface area contributed by atoms with Gasteiger partial charge in [-0.15, -0.1) is 6.58 Å². The summed E-state index contributed by atoms with van der Waals surface area (Å²) >= 11 is 0. The smallest absolute Gasteiger partial charge is 0.0220 e. The molecule has 1 unspecified atom stereocenters. The Morgan fingerprint density at radius 1 is 1.38 bits per heavy atom. The lowest BCUT2D eigenvalue weighted by Crippen LogP contribution is -2.38. The van der Waals surface area contributed by atoms with E-state index >= 15 is 0 Å². The number of likely N-dealkylation sites (N-methyl/N-ethyl adjacent to an activating group) is 1. The summed E-state index contributed by atoms with van der Waals surface area (Å²) in [6, 6.07) is 0.804. The van der Waals surface area contributed by atoms with Gasteiger partial charge < -0.3 is 5.32 Å². The van der Waals surface area contributed by atoms with E-state index in [1.54, 1.807) is 0 Å². The van der Waals surface area contributed by atoms with Crippen molar-refractivity contribution in [3.05, 3.63) is 12.7 Å². The van der Waals surface area contributed by atoms with Crippen LogP contribution in [0.15, 0.2) is 12.7 Å². The van der Waals surface area contributed by atoms with Gasteiger partial charge in [-0.05, 0) is 51.7 Å². The maximum Gasteiger partial charge on any atom is 0.0220 e. The van der Waals surface area contributed by atoms with Crippen LogP contribution in [-0.4, -0.2) is 37.1 Å². The SMILES string of the molecule is C=CCCCCCNCC1CCCN1CC. The summed E-state index contributed by atoms with van der Waals surface area (Å²) < 4.78 is 0. The van der Waals surface area contributed by atoms with Crippen molar-refractivity contribution in [2.75, 3.05) is 26.2 Å². The highest BCUT2D eigenvalue weighted by Crippen LogP contribution is 2.15. The van der Waals surface area contributed by atoms with E-state index in [1.165, 1.54) is 64.7 Å². The first-order valence-electron chi connectivity index (χ1n) is 6.94. The quantitative estimate of drug-likeness (QED) is 0.478. The fraction of sp³-hybridized carbons (Fsp3) is 0.857. The highest BCUT2D eigenvalue weighted by molar-refractivity contribution is 4.79. The molecule has 1 fully saturated rings. The van der Waals surface area contributed by atoms with E-state index in [0.717, 1.165) is 6.04 Å². The zero-order chi connectivity index (χ0) is 11.6. The molecule has 0 bridgehead atoms. The second-order valence-electron chi connectivity index (χ2n) is 4.77.